The lowest BCUT2D eigenvalue weighted by Gasteiger charge is -2.09. The molecule has 4 nitrogen and oxygen atoms in total. The van der Waals surface area contributed by atoms with Gasteiger partial charge in [-0.05, 0) is 18.2 Å². The number of phenolic OH excluding ortho intramolecular Hbond substituents is 1. The fraction of sp³-hybridized carbons (Fsp3) is 0.214. The van der Waals surface area contributed by atoms with Crippen LogP contribution in [0.4, 0.5) is 13.2 Å². The maximum absolute atomic E-state index is 12.0. The third kappa shape index (κ3) is 4.01. The molecule has 0 aliphatic rings. The van der Waals surface area contributed by atoms with Gasteiger partial charge in [0.2, 0.25) is 5.88 Å². The monoisotopic (exact) mass is 299 g/mol. The van der Waals surface area contributed by atoms with E-state index in [2.05, 4.69) is 9.72 Å². The van der Waals surface area contributed by atoms with Crippen LogP contribution >= 0.6 is 0 Å². The summed E-state index contributed by atoms with van der Waals surface area (Å²) < 4.78 is 45.5. The molecule has 1 N–H and O–H groups in total. The summed E-state index contributed by atoms with van der Waals surface area (Å²) in [4.78, 5) is 3.78. The predicted octanol–water partition coefficient (Wildman–Crippen LogP) is 3.40. The second-order valence-corrected chi connectivity index (χ2v) is 4.17. The van der Waals surface area contributed by atoms with Crippen molar-refractivity contribution in [1.82, 2.24) is 4.98 Å². The summed E-state index contributed by atoms with van der Waals surface area (Å²) in [5, 5.41) is 9.87. The standard InChI is InChI=1S/C14H12F3NO3/c1-20-10-3-4-11(12(19)6-10)9-2-5-13(18-7-9)21-8-14(15,16)17/h2-7,19H,8H2,1H3. The Balaban J connectivity index is 2.15. The maximum atomic E-state index is 12.0. The first-order chi connectivity index (χ1) is 9.89. The number of methoxy groups -OCH3 is 1. The lowest BCUT2D eigenvalue weighted by molar-refractivity contribution is -0.154. The minimum absolute atomic E-state index is 0.0138. The van der Waals surface area contributed by atoms with E-state index in [1.54, 1.807) is 12.1 Å². The summed E-state index contributed by atoms with van der Waals surface area (Å²) in [6.45, 7) is -1.40. The molecule has 1 aromatic carbocycles. The largest absolute Gasteiger partial charge is 0.507 e. The van der Waals surface area contributed by atoms with Crippen molar-refractivity contribution in [2.75, 3.05) is 13.7 Å². The molecule has 112 valence electrons. The molecular weight excluding hydrogens is 287 g/mol. The SMILES string of the molecule is COc1ccc(-c2ccc(OCC(F)(F)F)nc2)c(O)c1. The van der Waals surface area contributed by atoms with Gasteiger partial charge in [-0.1, -0.05) is 0 Å². The molecule has 0 unspecified atom stereocenters. The van der Waals surface area contributed by atoms with Gasteiger partial charge >= 0.3 is 6.18 Å². The fourth-order valence-corrected chi connectivity index (χ4v) is 1.66. The molecule has 0 radical (unpaired) electrons. The van der Waals surface area contributed by atoms with Crippen molar-refractivity contribution in [2.45, 2.75) is 6.18 Å². The Morgan fingerprint density at radius 1 is 1.19 bits per heavy atom. The molecule has 7 heteroatoms. The molecule has 0 spiro atoms. The minimum atomic E-state index is -4.41. The fourth-order valence-electron chi connectivity index (χ4n) is 1.66. The van der Waals surface area contributed by atoms with Crippen LogP contribution in [0.3, 0.4) is 0 Å². The zero-order chi connectivity index (χ0) is 15.5. The van der Waals surface area contributed by atoms with Gasteiger partial charge in [-0.2, -0.15) is 13.2 Å². The van der Waals surface area contributed by atoms with E-state index in [0.717, 1.165) is 0 Å². The highest BCUT2D eigenvalue weighted by Crippen LogP contribution is 2.32. The van der Waals surface area contributed by atoms with Crippen molar-refractivity contribution in [3.05, 3.63) is 36.5 Å². The number of hydrogen-bond acceptors (Lipinski definition) is 4. The van der Waals surface area contributed by atoms with Gasteiger partial charge in [0, 0.05) is 29.5 Å². The third-order valence-corrected chi connectivity index (χ3v) is 2.64. The number of nitrogens with zero attached hydrogens (tertiary/aromatic N) is 1. The molecule has 0 bridgehead atoms. The van der Waals surface area contributed by atoms with E-state index in [1.807, 2.05) is 0 Å². The Kier molecular flexibility index (Phi) is 4.21. The number of aromatic nitrogens is 1. The predicted molar refractivity (Wildman–Crippen MR) is 69.4 cm³/mol. The summed E-state index contributed by atoms with van der Waals surface area (Å²) in [5.74, 6) is 0.346. The van der Waals surface area contributed by atoms with Crippen molar-refractivity contribution < 1.29 is 27.8 Å². The first-order valence-electron chi connectivity index (χ1n) is 5.92. The third-order valence-electron chi connectivity index (χ3n) is 2.64. The van der Waals surface area contributed by atoms with Crippen LogP contribution in [0.25, 0.3) is 11.1 Å². The van der Waals surface area contributed by atoms with Gasteiger partial charge in [0.05, 0.1) is 7.11 Å². The normalized spacial score (nSPS) is 11.2. The molecule has 0 saturated heterocycles. The number of alkyl halides is 3. The minimum Gasteiger partial charge on any atom is -0.507 e. The van der Waals surface area contributed by atoms with Crippen LogP contribution in [-0.4, -0.2) is 30.0 Å². The Morgan fingerprint density at radius 2 is 1.95 bits per heavy atom. The van der Waals surface area contributed by atoms with Crippen LogP contribution in [0, 0.1) is 0 Å². The number of hydrogen-bond donors (Lipinski definition) is 1. The highest BCUT2D eigenvalue weighted by Gasteiger charge is 2.28. The first kappa shape index (κ1) is 15.0. The summed E-state index contributed by atoms with van der Waals surface area (Å²) in [6.07, 6.45) is -3.08. The van der Waals surface area contributed by atoms with E-state index < -0.39 is 12.8 Å². The summed E-state index contributed by atoms with van der Waals surface area (Å²) >= 11 is 0. The maximum Gasteiger partial charge on any atom is 0.422 e. The molecule has 0 saturated carbocycles. The Labute approximate surface area is 118 Å². The quantitative estimate of drug-likeness (QED) is 0.940. The van der Waals surface area contributed by atoms with E-state index >= 15 is 0 Å². The molecule has 0 aliphatic carbocycles. The summed E-state index contributed by atoms with van der Waals surface area (Å²) in [7, 11) is 1.47. The smallest absolute Gasteiger partial charge is 0.422 e. The number of ether oxygens (including phenoxy) is 2. The Bertz CT molecular complexity index is 612. The van der Waals surface area contributed by atoms with Crippen molar-refractivity contribution in [1.29, 1.82) is 0 Å². The zero-order valence-corrected chi connectivity index (χ0v) is 11.0. The van der Waals surface area contributed by atoms with Gasteiger partial charge < -0.3 is 14.6 Å². The van der Waals surface area contributed by atoms with Crippen molar-refractivity contribution in [3.8, 4) is 28.5 Å². The zero-order valence-electron chi connectivity index (χ0n) is 11.0. The van der Waals surface area contributed by atoms with Crippen molar-refractivity contribution in [3.63, 3.8) is 0 Å². The summed E-state index contributed by atoms with van der Waals surface area (Å²) in [6, 6.07) is 7.54. The summed E-state index contributed by atoms with van der Waals surface area (Å²) in [5.41, 5.74) is 1.04. The lowest BCUT2D eigenvalue weighted by atomic mass is 10.1. The second-order valence-electron chi connectivity index (χ2n) is 4.17. The second kappa shape index (κ2) is 5.90. The van der Waals surface area contributed by atoms with Crippen LogP contribution in [-0.2, 0) is 0 Å². The van der Waals surface area contributed by atoms with E-state index in [1.165, 1.54) is 31.5 Å². The van der Waals surface area contributed by atoms with Crippen LogP contribution in [0.1, 0.15) is 0 Å². The number of benzene rings is 1. The Hall–Kier alpha value is -2.44. The number of halogens is 3. The van der Waals surface area contributed by atoms with Gasteiger partial charge in [-0.15, -0.1) is 0 Å². The van der Waals surface area contributed by atoms with Crippen LogP contribution in [0.5, 0.6) is 17.4 Å². The molecule has 0 fully saturated rings. The molecule has 1 heterocycles. The van der Waals surface area contributed by atoms with Gasteiger partial charge in [0.25, 0.3) is 0 Å². The van der Waals surface area contributed by atoms with E-state index in [-0.39, 0.29) is 11.6 Å². The van der Waals surface area contributed by atoms with E-state index in [9.17, 15) is 18.3 Å². The van der Waals surface area contributed by atoms with Gasteiger partial charge in [0.1, 0.15) is 11.5 Å². The number of aromatic hydroxyl groups is 1. The van der Waals surface area contributed by atoms with E-state index in [4.69, 9.17) is 4.74 Å². The lowest BCUT2D eigenvalue weighted by Crippen LogP contribution is -2.19. The molecular formula is C14H12F3NO3. The van der Waals surface area contributed by atoms with Gasteiger partial charge in [-0.3, -0.25) is 0 Å². The highest BCUT2D eigenvalue weighted by atomic mass is 19.4. The van der Waals surface area contributed by atoms with Crippen LogP contribution in [0.15, 0.2) is 36.5 Å². The Morgan fingerprint density at radius 3 is 2.48 bits per heavy atom. The molecule has 0 aliphatic heterocycles. The number of phenols is 1. The number of rotatable bonds is 4. The molecule has 0 amide bonds. The van der Waals surface area contributed by atoms with Crippen LogP contribution < -0.4 is 9.47 Å². The number of pyridine rings is 1. The van der Waals surface area contributed by atoms with Crippen molar-refractivity contribution in [2.24, 2.45) is 0 Å². The van der Waals surface area contributed by atoms with Gasteiger partial charge in [-0.25, -0.2) is 4.98 Å². The van der Waals surface area contributed by atoms with Gasteiger partial charge in [0.15, 0.2) is 6.61 Å². The van der Waals surface area contributed by atoms with Crippen molar-refractivity contribution >= 4 is 0 Å². The molecule has 2 aromatic rings. The topological polar surface area (TPSA) is 51.6 Å². The first-order valence-corrected chi connectivity index (χ1v) is 5.92. The molecule has 21 heavy (non-hydrogen) atoms. The average Bonchev–Trinajstić information content (AvgIpc) is 2.45. The van der Waals surface area contributed by atoms with Crippen LogP contribution in [0.2, 0.25) is 0 Å². The molecule has 1 aromatic heterocycles. The highest BCUT2D eigenvalue weighted by molar-refractivity contribution is 5.70. The van der Waals surface area contributed by atoms with E-state index in [0.29, 0.717) is 16.9 Å². The molecule has 0 atom stereocenters. The molecule has 2 rings (SSSR count). The average molecular weight is 299 g/mol.